The normalized spacial score (nSPS) is 11.3. The lowest BCUT2D eigenvalue weighted by molar-refractivity contribution is 0.0454. The van der Waals surface area contributed by atoms with Crippen LogP contribution in [-0.2, 0) is 9.47 Å². The molecule has 124 valence electrons. The quantitative estimate of drug-likeness (QED) is 0.809. The Labute approximate surface area is 134 Å². The second-order valence-corrected chi connectivity index (χ2v) is 5.82. The SMILES string of the molecule is CCOC(=O)c1cc2c(OC)nccc2n1C(=O)OC(C)(C)C. The summed E-state index contributed by atoms with van der Waals surface area (Å²) in [5, 5.41) is 0.531. The lowest BCUT2D eigenvalue weighted by atomic mass is 10.2. The van der Waals surface area contributed by atoms with Crippen molar-refractivity contribution in [3.05, 3.63) is 24.0 Å². The van der Waals surface area contributed by atoms with Crippen LogP contribution in [0.15, 0.2) is 18.3 Å². The minimum atomic E-state index is -0.698. The van der Waals surface area contributed by atoms with Crippen molar-refractivity contribution >= 4 is 23.0 Å². The number of fused-ring (bicyclic) bond motifs is 1. The molecule has 0 fully saturated rings. The Kier molecular flexibility index (Phi) is 4.58. The largest absolute Gasteiger partial charge is 0.481 e. The van der Waals surface area contributed by atoms with Crippen molar-refractivity contribution < 1.29 is 23.8 Å². The summed E-state index contributed by atoms with van der Waals surface area (Å²) in [7, 11) is 1.47. The Morgan fingerprint density at radius 1 is 1.30 bits per heavy atom. The number of carbonyl (C=O) groups is 2. The minimum Gasteiger partial charge on any atom is -0.481 e. The molecule has 0 amide bonds. The highest BCUT2D eigenvalue weighted by Gasteiger charge is 2.27. The molecule has 0 unspecified atom stereocenters. The van der Waals surface area contributed by atoms with Gasteiger partial charge in [-0.05, 0) is 39.8 Å². The zero-order chi connectivity index (χ0) is 17.2. The summed E-state index contributed by atoms with van der Waals surface area (Å²) in [6, 6.07) is 3.13. The standard InChI is InChI=1S/C16H20N2O5/c1-6-22-14(19)12-9-10-11(7-8-17-13(10)21-5)18(12)15(20)23-16(2,3)4/h7-9H,6H2,1-5H3. The molecule has 0 aliphatic rings. The first-order valence-corrected chi connectivity index (χ1v) is 7.23. The zero-order valence-corrected chi connectivity index (χ0v) is 13.9. The first-order chi connectivity index (χ1) is 10.8. The minimum absolute atomic E-state index is 0.0717. The maximum Gasteiger partial charge on any atom is 0.419 e. The summed E-state index contributed by atoms with van der Waals surface area (Å²) >= 11 is 0. The third kappa shape index (κ3) is 3.44. The zero-order valence-electron chi connectivity index (χ0n) is 13.9. The lowest BCUT2D eigenvalue weighted by Gasteiger charge is -2.20. The van der Waals surface area contributed by atoms with E-state index in [1.54, 1.807) is 33.8 Å². The molecular weight excluding hydrogens is 300 g/mol. The van der Waals surface area contributed by atoms with Gasteiger partial charge in [0.25, 0.3) is 0 Å². The monoisotopic (exact) mass is 320 g/mol. The summed E-state index contributed by atoms with van der Waals surface area (Å²) < 4.78 is 16.8. The fraction of sp³-hybridized carbons (Fsp3) is 0.438. The van der Waals surface area contributed by atoms with Crippen LogP contribution in [0.3, 0.4) is 0 Å². The van der Waals surface area contributed by atoms with Gasteiger partial charge in [-0.3, -0.25) is 0 Å². The highest BCUT2D eigenvalue weighted by atomic mass is 16.6. The molecule has 0 atom stereocenters. The molecule has 0 aliphatic heterocycles. The van der Waals surface area contributed by atoms with Crippen molar-refractivity contribution in [3.8, 4) is 5.88 Å². The molecule has 23 heavy (non-hydrogen) atoms. The fourth-order valence-electron chi connectivity index (χ4n) is 2.13. The Morgan fingerprint density at radius 3 is 2.57 bits per heavy atom. The maximum absolute atomic E-state index is 12.5. The number of hydrogen-bond donors (Lipinski definition) is 0. The topological polar surface area (TPSA) is 79.7 Å². The molecule has 0 N–H and O–H groups in total. The number of rotatable bonds is 3. The summed E-state index contributed by atoms with van der Waals surface area (Å²) in [5.41, 5.74) is -0.159. The Bertz CT molecular complexity index is 743. The van der Waals surface area contributed by atoms with Gasteiger partial charge in [0, 0.05) is 6.20 Å². The summed E-state index contributed by atoms with van der Waals surface area (Å²) in [4.78, 5) is 28.8. The van der Waals surface area contributed by atoms with Gasteiger partial charge in [0.15, 0.2) is 0 Å². The van der Waals surface area contributed by atoms with E-state index < -0.39 is 17.7 Å². The van der Waals surface area contributed by atoms with Crippen LogP contribution in [0, 0.1) is 0 Å². The first kappa shape index (κ1) is 16.8. The third-order valence-corrected chi connectivity index (χ3v) is 2.95. The average Bonchev–Trinajstić information content (AvgIpc) is 2.85. The van der Waals surface area contributed by atoms with Crippen molar-refractivity contribution in [3.63, 3.8) is 0 Å². The van der Waals surface area contributed by atoms with E-state index in [4.69, 9.17) is 14.2 Å². The highest BCUT2D eigenvalue weighted by molar-refractivity contribution is 6.02. The predicted octanol–water partition coefficient (Wildman–Crippen LogP) is 3.00. The molecule has 2 aromatic rings. The van der Waals surface area contributed by atoms with Gasteiger partial charge in [-0.2, -0.15) is 0 Å². The predicted molar refractivity (Wildman–Crippen MR) is 83.9 cm³/mol. The number of pyridine rings is 1. The molecule has 2 heterocycles. The van der Waals surface area contributed by atoms with Crippen LogP contribution >= 0.6 is 0 Å². The fourth-order valence-corrected chi connectivity index (χ4v) is 2.13. The molecule has 0 radical (unpaired) electrons. The van der Waals surface area contributed by atoms with E-state index in [0.29, 0.717) is 16.8 Å². The van der Waals surface area contributed by atoms with E-state index >= 15 is 0 Å². The number of ether oxygens (including phenoxy) is 3. The maximum atomic E-state index is 12.5. The van der Waals surface area contributed by atoms with Crippen LogP contribution < -0.4 is 4.74 Å². The average molecular weight is 320 g/mol. The number of aromatic nitrogens is 2. The van der Waals surface area contributed by atoms with Gasteiger partial charge in [-0.15, -0.1) is 0 Å². The summed E-state index contributed by atoms with van der Waals surface area (Å²) in [6.45, 7) is 7.15. The van der Waals surface area contributed by atoms with Gasteiger partial charge in [0.1, 0.15) is 11.3 Å². The van der Waals surface area contributed by atoms with Crippen molar-refractivity contribution in [2.75, 3.05) is 13.7 Å². The second-order valence-electron chi connectivity index (χ2n) is 5.82. The van der Waals surface area contributed by atoms with Gasteiger partial charge in [0.05, 0.1) is 24.6 Å². The van der Waals surface area contributed by atoms with Gasteiger partial charge in [-0.25, -0.2) is 19.1 Å². The second kappa shape index (κ2) is 6.28. The molecule has 7 heteroatoms. The Morgan fingerprint density at radius 2 is 2.00 bits per heavy atom. The molecular formula is C16H20N2O5. The number of esters is 1. The first-order valence-electron chi connectivity index (χ1n) is 7.23. The van der Waals surface area contributed by atoms with E-state index in [1.807, 2.05) is 0 Å². The Balaban J connectivity index is 2.65. The summed E-state index contributed by atoms with van der Waals surface area (Å²) in [5.74, 6) is -0.299. The molecule has 0 saturated heterocycles. The number of methoxy groups -OCH3 is 1. The molecule has 2 aromatic heterocycles. The molecule has 0 aliphatic carbocycles. The number of nitrogens with zero attached hydrogens (tertiary/aromatic N) is 2. The number of carbonyl (C=O) groups excluding carboxylic acids is 2. The van der Waals surface area contributed by atoms with Crippen LogP contribution in [0.2, 0.25) is 0 Å². The lowest BCUT2D eigenvalue weighted by Crippen LogP contribution is -2.29. The van der Waals surface area contributed by atoms with Gasteiger partial charge in [-0.1, -0.05) is 0 Å². The summed E-state index contributed by atoms with van der Waals surface area (Å²) in [6.07, 6.45) is 0.834. The van der Waals surface area contributed by atoms with Crippen LogP contribution in [0.4, 0.5) is 4.79 Å². The van der Waals surface area contributed by atoms with Gasteiger partial charge < -0.3 is 14.2 Å². The van der Waals surface area contributed by atoms with Crippen LogP contribution in [-0.4, -0.2) is 40.9 Å². The van der Waals surface area contributed by atoms with E-state index in [1.165, 1.54) is 23.9 Å². The molecule has 0 saturated carbocycles. The molecule has 0 spiro atoms. The molecule has 2 rings (SSSR count). The molecule has 0 aromatic carbocycles. The Hall–Kier alpha value is -2.57. The van der Waals surface area contributed by atoms with Gasteiger partial charge in [0.2, 0.25) is 5.88 Å². The highest BCUT2D eigenvalue weighted by Crippen LogP contribution is 2.28. The van der Waals surface area contributed by atoms with Gasteiger partial charge >= 0.3 is 12.1 Å². The smallest absolute Gasteiger partial charge is 0.419 e. The van der Waals surface area contributed by atoms with Crippen molar-refractivity contribution in [2.45, 2.75) is 33.3 Å². The molecule has 0 bridgehead atoms. The van der Waals surface area contributed by atoms with E-state index in [9.17, 15) is 9.59 Å². The van der Waals surface area contributed by atoms with Crippen LogP contribution in [0.25, 0.3) is 10.9 Å². The molecule has 7 nitrogen and oxygen atoms in total. The van der Waals surface area contributed by atoms with Crippen LogP contribution in [0.5, 0.6) is 5.88 Å². The van der Waals surface area contributed by atoms with Crippen molar-refractivity contribution in [1.29, 1.82) is 0 Å². The van der Waals surface area contributed by atoms with Crippen molar-refractivity contribution in [2.24, 2.45) is 0 Å². The van der Waals surface area contributed by atoms with Crippen molar-refractivity contribution in [1.82, 2.24) is 9.55 Å². The van der Waals surface area contributed by atoms with E-state index in [-0.39, 0.29) is 12.3 Å². The van der Waals surface area contributed by atoms with E-state index in [2.05, 4.69) is 4.98 Å². The number of hydrogen-bond acceptors (Lipinski definition) is 6. The van der Waals surface area contributed by atoms with Crippen LogP contribution in [0.1, 0.15) is 38.2 Å². The third-order valence-electron chi connectivity index (χ3n) is 2.95. The van der Waals surface area contributed by atoms with E-state index in [0.717, 1.165) is 0 Å².